The van der Waals surface area contributed by atoms with Crippen LogP contribution in [-0.2, 0) is 4.79 Å². The molecule has 3 rings (SSSR count). The number of benzene rings is 2. The minimum Gasteiger partial charge on any atom is -0.366 e. The van der Waals surface area contributed by atoms with Crippen molar-refractivity contribution in [3.8, 4) is 0 Å². The fraction of sp³-hybridized carbons (Fsp3) is 0.286. The predicted octanol–water partition coefficient (Wildman–Crippen LogP) is 4.18. The molecule has 0 aromatic heterocycles. The van der Waals surface area contributed by atoms with Gasteiger partial charge in [0.25, 0.3) is 5.91 Å². The lowest BCUT2D eigenvalue weighted by Crippen LogP contribution is -2.48. The standard InChI is InChI=1S/C21H22Cl2N4O2S/c1-2-19(28)27-11-9-26(10-12-27)18-6-4-3-5-17(18)24-21(30)25-20(29)15-13-14(22)7-8-16(15)23/h3-8,13H,2,9-12H2,1H3,(H2,24,25,29,30). The molecule has 0 bridgehead atoms. The van der Waals surface area contributed by atoms with Crippen molar-refractivity contribution >= 4 is 63.7 Å². The van der Waals surface area contributed by atoms with Crippen LogP contribution in [0.2, 0.25) is 10.0 Å². The van der Waals surface area contributed by atoms with E-state index in [-0.39, 0.29) is 16.6 Å². The normalized spacial score (nSPS) is 13.7. The van der Waals surface area contributed by atoms with Gasteiger partial charge in [-0.25, -0.2) is 0 Å². The van der Waals surface area contributed by atoms with E-state index in [0.29, 0.717) is 29.6 Å². The third-order valence-corrected chi connectivity index (χ3v) is 5.60. The fourth-order valence-electron chi connectivity index (χ4n) is 3.27. The van der Waals surface area contributed by atoms with Crippen LogP contribution in [0, 0.1) is 0 Å². The van der Waals surface area contributed by atoms with Gasteiger partial charge in [-0.05, 0) is 42.5 Å². The van der Waals surface area contributed by atoms with Crippen LogP contribution in [0.4, 0.5) is 11.4 Å². The second kappa shape index (κ2) is 10.1. The van der Waals surface area contributed by atoms with E-state index < -0.39 is 5.91 Å². The molecule has 9 heteroatoms. The van der Waals surface area contributed by atoms with Gasteiger partial charge < -0.3 is 15.1 Å². The summed E-state index contributed by atoms with van der Waals surface area (Å²) in [5, 5.41) is 6.59. The van der Waals surface area contributed by atoms with Gasteiger partial charge in [-0.1, -0.05) is 42.3 Å². The number of halogens is 2. The number of carbonyl (C=O) groups excluding carboxylic acids is 2. The molecular weight excluding hydrogens is 443 g/mol. The molecular formula is C21H22Cl2N4O2S. The van der Waals surface area contributed by atoms with Gasteiger partial charge in [0.15, 0.2) is 5.11 Å². The maximum absolute atomic E-state index is 12.5. The average molecular weight is 465 g/mol. The zero-order valence-electron chi connectivity index (χ0n) is 16.5. The van der Waals surface area contributed by atoms with Crippen LogP contribution in [0.1, 0.15) is 23.7 Å². The first-order chi connectivity index (χ1) is 14.4. The van der Waals surface area contributed by atoms with E-state index in [4.69, 9.17) is 35.4 Å². The maximum atomic E-state index is 12.5. The summed E-state index contributed by atoms with van der Waals surface area (Å²) in [6.07, 6.45) is 0.517. The molecule has 0 atom stereocenters. The quantitative estimate of drug-likeness (QED) is 0.664. The van der Waals surface area contributed by atoms with Crippen molar-refractivity contribution < 1.29 is 9.59 Å². The molecule has 0 spiro atoms. The minimum atomic E-state index is -0.441. The molecule has 0 unspecified atom stereocenters. The van der Waals surface area contributed by atoms with Crippen LogP contribution in [0.15, 0.2) is 42.5 Å². The summed E-state index contributed by atoms with van der Waals surface area (Å²) in [6, 6.07) is 12.4. The monoisotopic (exact) mass is 464 g/mol. The van der Waals surface area contributed by atoms with Crippen LogP contribution >= 0.6 is 35.4 Å². The van der Waals surface area contributed by atoms with E-state index in [2.05, 4.69) is 15.5 Å². The van der Waals surface area contributed by atoms with Gasteiger partial charge in [0.2, 0.25) is 5.91 Å². The molecule has 30 heavy (non-hydrogen) atoms. The SMILES string of the molecule is CCC(=O)N1CCN(c2ccccc2NC(=S)NC(=O)c2cc(Cl)ccc2Cl)CC1. The lowest BCUT2D eigenvalue weighted by molar-refractivity contribution is -0.131. The van der Waals surface area contributed by atoms with Crippen molar-refractivity contribution in [1.82, 2.24) is 10.2 Å². The average Bonchev–Trinajstić information content (AvgIpc) is 2.75. The largest absolute Gasteiger partial charge is 0.366 e. The first-order valence-corrected chi connectivity index (χ1v) is 10.7. The molecule has 2 amide bonds. The Balaban J connectivity index is 1.66. The molecule has 0 radical (unpaired) electrons. The van der Waals surface area contributed by atoms with E-state index in [1.54, 1.807) is 12.1 Å². The topological polar surface area (TPSA) is 64.7 Å². The van der Waals surface area contributed by atoms with E-state index in [1.807, 2.05) is 36.1 Å². The highest BCUT2D eigenvalue weighted by molar-refractivity contribution is 7.80. The molecule has 1 heterocycles. The zero-order chi connectivity index (χ0) is 21.7. The molecule has 1 fully saturated rings. The number of thiocarbonyl (C=S) groups is 1. The van der Waals surface area contributed by atoms with Crippen LogP contribution in [0.5, 0.6) is 0 Å². The Hall–Kier alpha value is -2.35. The highest BCUT2D eigenvalue weighted by Gasteiger charge is 2.22. The Kier molecular flexibility index (Phi) is 7.53. The second-order valence-electron chi connectivity index (χ2n) is 6.77. The van der Waals surface area contributed by atoms with Crippen molar-refractivity contribution in [2.45, 2.75) is 13.3 Å². The third-order valence-electron chi connectivity index (χ3n) is 4.83. The highest BCUT2D eigenvalue weighted by Crippen LogP contribution is 2.27. The van der Waals surface area contributed by atoms with Crippen molar-refractivity contribution in [1.29, 1.82) is 0 Å². The molecule has 1 aliphatic heterocycles. The lowest BCUT2D eigenvalue weighted by atomic mass is 10.2. The molecule has 0 saturated carbocycles. The number of amides is 2. The van der Waals surface area contributed by atoms with Gasteiger partial charge >= 0.3 is 0 Å². The minimum absolute atomic E-state index is 0.156. The zero-order valence-corrected chi connectivity index (χ0v) is 18.8. The van der Waals surface area contributed by atoms with Gasteiger partial charge in [0, 0.05) is 37.6 Å². The summed E-state index contributed by atoms with van der Waals surface area (Å²) >= 11 is 17.4. The number of para-hydroxylation sites is 2. The summed E-state index contributed by atoms with van der Waals surface area (Å²) in [5.74, 6) is -0.270. The molecule has 0 aliphatic carbocycles. The fourth-order valence-corrected chi connectivity index (χ4v) is 3.85. The Morgan fingerprint density at radius 3 is 2.47 bits per heavy atom. The molecule has 158 valence electrons. The lowest BCUT2D eigenvalue weighted by Gasteiger charge is -2.37. The molecule has 2 N–H and O–H groups in total. The Bertz CT molecular complexity index is 962. The van der Waals surface area contributed by atoms with Crippen LogP contribution in [0.25, 0.3) is 0 Å². The number of nitrogens with zero attached hydrogens (tertiary/aromatic N) is 2. The van der Waals surface area contributed by atoms with E-state index in [1.165, 1.54) is 6.07 Å². The number of carbonyl (C=O) groups is 2. The van der Waals surface area contributed by atoms with Gasteiger partial charge in [-0.15, -0.1) is 0 Å². The van der Waals surface area contributed by atoms with Gasteiger partial charge in [0.1, 0.15) is 0 Å². The summed E-state index contributed by atoms with van der Waals surface area (Å²) in [7, 11) is 0. The second-order valence-corrected chi connectivity index (χ2v) is 8.02. The van der Waals surface area contributed by atoms with E-state index >= 15 is 0 Å². The first-order valence-electron chi connectivity index (χ1n) is 9.58. The molecule has 1 saturated heterocycles. The van der Waals surface area contributed by atoms with Crippen molar-refractivity contribution in [3.63, 3.8) is 0 Å². The number of nitrogens with one attached hydrogen (secondary N) is 2. The van der Waals surface area contributed by atoms with Crippen LogP contribution in [-0.4, -0.2) is 48.0 Å². The van der Waals surface area contributed by atoms with Crippen LogP contribution in [0.3, 0.4) is 0 Å². The number of hydrogen-bond acceptors (Lipinski definition) is 4. The molecule has 2 aromatic rings. The van der Waals surface area contributed by atoms with E-state index in [0.717, 1.165) is 24.5 Å². The molecule has 6 nitrogen and oxygen atoms in total. The number of anilines is 2. The Labute approximate surface area is 191 Å². The van der Waals surface area contributed by atoms with Crippen molar-refractivity contribution in [2.75, 3.05) is 36.4 Å². The summed E-state index contributed by atoms with van der Waals surface area (Å²) in [6.45, 7) is 4.67. The number of piperazine rings is 1. The van der Waals surface area contributed by atoms with Crippen molar-refractivity contribution in [2.24, 2.45) is 0 Å². The maximum Gasteiger partial charge on any atom is 0.258 e. The van der Waals surface area contributed by atoms with Gasteiger partial charge in [0.05, 0.1) is 22.0 Å². The summed E-state index contributed by atoms with van der Waals surface area (Å²) in [4.78, 5) is 28.5. The first kappa shape index (κ1) is 22.3. The highest BCUT2D eigenvalue weighted by atomic mass is 35.5. The number of hydrogen-bond donors (Lipinski definition) is 2. The molecule has 1 aliphatic rings. The Morgan fingerprint density at radius 2 is 1.77 bits per heavy atom. The predicted molar refractivity (Wildman–Crippen MR) is 126 cm³/mol. The molecule has 2 aromatic carbocycles. The summed E-state index contributed by atoms with van der Waals surface area (Å²) in [5.41, 5.74) is 1.98. The van der Waals surface area contributed by atoms with Crippen molar-refractivity contribution in [3.05, 3.63) is 58.1 Å². The summed E-state index contributed by atoms with van der Waals surface area (Å²) < 4.78 is 0. The van der Waals surface area contributed by atoms with E-state index in [9.17, 15) is 9.59 Å². The van der Waals surface area contributed by atoms with Gasteiger partial charge in [-0.2, -0.15) is 0 Å². The smallest absolute Gasteiger partial charge is 0.258 e. The Morgan fingerprint density at radius 1 is 1.07 bits per heavy atom. The third kappa shape index (κ3) is 5.41. The van der Waals surface area contributed by atoms with Gasteiger partial charge in [-0.3, -0.25) is 14.9 Å². The van der Waals surface area contributed by atoms with Crippen LogP contribution < -0.4 is 15.5 Å². The number of rotatable bonds is 4.